The van der Waals surface area contributed by atoms with E-state index in [9.17, 15) is 9.59 Å². The number of thiophene rings is 1. The van der Waals surface area contributed by atoms with Crippen molar-refractivity contribution >= 4 is 50.8 Å². The fourth-order valence-electron chi connectivity index (χ4n) is 3.59. The maximum atomic E-state index is 13.1. The zero-order valence-electron chi connectivity index (χ0n) is 17.9. The molecule has 1 unspecified atom stereocenters. The van der Waals surface area contributed by atoms with Crippen molar-refractivity contribution in [2.45, 2.75) is 20.0 Å². The fourth-order valence-corrected chi connectivity index (χ4v) is 4.28. The van der Waals surface area contributed by atoms with Crippen LogP contribution in [0.3, 0.4) is 0 Å². The first-order valence-electron chi connectivity index (χ1n) is 10.3. The van der Waals surface area contributed by atoms with Crippen LogP contribution in [-0.2, 0) is 9.53 Å². The quantitative estimate of drug-likeness (QED) is 0.345. The summed E-state index contributed by atoms with van der Waals surface area (Å²) in [5.74, 6) is -1.07. The maximum absolute atomic E-state index is 13.1. The zero-order valence-corrected chi connectivity index (χ0v) is 18.7. The number of nitrogens with zero attached hydrogens (tertiary/aromatic N) is 2. The highest BCUT2D eigenvalue weighted by Gasteiger charge is 2.24. The first-order valence-corrected chi connectivity index (χ1v) is 11.2. The summed E-state index contributed by atoms with van der Waals surface area (Å²) in [6.07, 6.45) is -1.02. The number of aromatic nitrogens is 2. The molecule has 0 saturated heterocycles. The largest absolute Gasteiger partial charge is 0.449 e. The van der Waals surface area contributed by atoms with Gasteiger partial charge >= 0.3 is 5.97 Å². The lowest BCUT2D eigenvalue weighted by Gasteiger charge is -2.14. The van der Waals surface area contributed by atoms with E-state index in [4.69, 9.17) is 9.26 Å². The number of nitrogens with one attached hydrogen (secondary N) is 1. The van der Waals surface area contributed by atoms with Crippen LogP contribution in [0.25, 0.3) is 32.4 Å². The predicted octanol–water partition coefficient (Wildman–Crippen LogP) is 5.60. The molecule has 1 N–H and O–H groups in total. The van der Waals surface area contributed by atoms with Crippen molar-refractivity contribution in [2.24, 2.45) is 0 Å². The van der Waals surface area contributed by atoms with E-state index >= 15 is 0 Å². The third-order valence-corrected chi connectivity index (χ3v) is 6.17. The molecule has 8 heteroatoms. The summed E-state index contributed by atoms with van der Waals surface area (Å²) < 4.78 is 10.8. The number of hydrogen-bond donors (Lipinski definition) is 1. The van der Waals surface area contributed by atoms with Crippen molar-refractivity contribution in [1.82, 2.24) is 10.1 Å². The molecule has 3 heterocycles. The topological polar surface area (TPSA) is 94.3 Å². The third-order valence-electron chi connectivity index (χ3n) is 5.28. The Bertz CT molecular complexity index is 1490. The van der Waals surface area contributed by atoms with Crippen LogP contribution in [0.4, 0.5) is 5.69 Å². The molecule has 33 heavy (non-hydrogen) atoms. The van der Waals surface area contributed by atoms with Crippen LogP contribution < -0.4 is 5.32 Å². The average Bonchev–Trinajstić information content (AvgIpc) is 3.49. The van der Waals surface area contributed by atoms with Gasteiger partial charge in [-0.25, -0.2) is 9.78 Å². The van der Waals surface area contributed by atoms with Crippen LogP contribution in [0, 0.1) is 6.92 Å². The molecular weight excluding hydrogens is 438 g/mol. The number of benzene rings is 2. The molecule has 7 nitrogen and oxygen atoms in total. The molecule has 5 aromatic rings. The molecule has 0 bridgehead atoms. The van der Waals surface area contributed by atoms with Crippen LogP contribution >= 0.6 is 11.3 Å². The second-order valence-electron chi connectivity index (χ2n) is 7.58. The van der Waals surface area contributed by atoms with Gasteiger partial charge in [-0.2, -0.15) is 0 Å². The van der Waals surface area contributed by atoms with Crippen LogP contribution in [0.5, 0.6) is 0 Å². The Morgan fingerprint density at radius 1 is 1.06 bits per heavy atom. The number of rotatable bonds is 5. The van der Waals surface area contributed by atoms with Crippen LogP contribution in [0.1, 0.15) is 23.0 Å². The number of fused-ring (bicyclic) bond motifs is 2. The van der Waals surface area contributed by atoms with Crippen molar-refractivity contribution in [2.75, 3.05) is 5.32 Å². The molecule has 2 aromatic carbocycles. The summed E-state index contributed by atoms with van der Waals surface area (Å²) in [5.41, 5.74) is 2.23. The van der Waals surface area contributed by atoms with Crippen molar-refractivity contribution in [3.63, 3.8) is 0 Å². The Kier molecular flexibility index (Phi) is 5.35. The van der Waals surface area contributed by atoms with Crippen molar-refractivity contribution in [3.05, 3.63) is 77.3 Å². The van der Waals surface area contributed by atoms with Gasteiger partial charge < -0.3 is 14.6 Å². The summed E-state index contributed by atoms with van der Waals surface area (Å²) in [4.78, 5) is 31.1. The number of ether oxygens (including phenoxy) is 1. The molecule has 0 aliphatic carbocycles. The highest BCUT2D eigenvalue weighted by Crippen LogP contribution is 2.30. The monoisotopic (exact) mass is 457 g/mol. The highest BCUT2D eigenvalue weighted by molar-refractivity contribution is 7.13. The van der Waals surface area contributed by atoms with E-state index in [1.165, 1.54) is 18.3 Å². The molecule has 1 atom stereocenters. The van der Waals surface area contributed by atoms with Gasteiger partial charge in [-0.15, -0.1) is 11.3 Å². The molecule has 1 amide bonds. The number of esters is 1. The molecule has 0 saturated carbocycles. The van der Waals surface area contributed by atoms with E-state index in [2.05, 4.69) is 15.5 Å². The first-order chi connectivity index (χ1) is 16.0. The van der Waals surface area contributed by atoms with Gasteiger partial charge in [0, 0.05) is 5.69 Å². The molecular formula is C25H19N3O4S. The SMILES string of the molecule is Cc1noc2nc(-c3cccs3)cc(C(=O)OC(C)C(=O)Nc3ccc4ccccc4c3)c12. The van der Waals surface area contributed by atoms with E-state index < -0.39 is 18.0 Å². The minimum atomic E-state index is -1.02. The summed E-state index contributed by atoms with van der Waals surface area (Å²) in [5, 5.41) is 11.2. The lowest BCUT2D eigenvalue weighted by atomic mass is 10.1. The van der Waals surface area contributed by atoms with Crippen molar-refractivity contribution in [1.29, 1.82) is 0 Å². The van der Waals surface area contributed by atoms with Gasteiger partial charge in [0.05, 0.1) is 27.2 Å². The number of carbonyl (C=O) groups excluding carboxylic acids is 2. The number of amides is 1. The number of pyridine rings is 1. The number of aryl methyl sites for hydroxylation is 1. The van der Waals surface area contributed by atoms with Crippen LogP contribution in [0.2, 0.25) is 0 Å². The van der Waals surface area contributed by atoms with E-state index in [1.54, 1.807) is 13.0 Å². The molecule has 164 valence electrons. The minimum Gasteiger partial charge on any atom is -0.449 e. The van der Waals surface area contributed by atoms with Crippen molar-refractivity contribution in [3.8, 4) is 10.6 Å². The Labute approximate surface area is 193 Å². The number of anilines is 1. The smallest absolute Gasteiger partial charge is 0.339 e. The second-order valence-corrected chi connectivity index (χ2v) is 8.53. The maximum Gasteiger partial charge on any atom is 0.339 e. The lowest BCUT2D eigenvalue weighted by Crippen LogP contribution is -2.30. The Morgan fingerprint density at radius 3 is 2.67 bits per heavy atom. The van der Waals surface area contributed by atoms with Gasteiger partial charge in [-0.05, 0) is 54.3 Å². The lowest BCUT2D eigenvalue weighted by molar-refractivity contribution is -0.123. The molecule has 0 spiro atoms. The van der Waals surface area contributed by atoms with Crippen molar-refractivity contribution < 1.29 is 18.8 Å². The summed E-state index contributed by atoms with van der Waals surface area (Å²) in [7, 11) is 0. The van der Waals surface area contributed by atoms with E-state index in [0.717, 1.165) is 15.6 Å². The van der Waals surface area contributed by atoms with Gasteiger partial charge in [0.2, 0.25) is 0 Å². The van der Waals surface area contributed by atoms with Crippen LogP contribution in [-0.4, -0.2) is 28.1 Å². The van der Waals surface area contributed by atoms with Gasteiger partial charge in [-0.1, -0.05) is 41.6 Å². The number of carbonyl (C=O) groups is 2. The third kappa shape index (κ3) is 4.08. The van der Waals surface area contributed by atoms with E-state index in [0.29, 0.717) is 22.5 Å². The average molecular weight is 458 g/mol. The summed E-state index contributed by atoms with van der Waals surface area (Å²) in [6.45, 7) is 3.26. The first kappa shape index (κ1) is 20.8. The Balaban J connectivity index is 1.38. The zero-order chi connectivity index (χ0) is 22.9. The van der Waals surface area contributed by atoms with E-state index in [-0.39, 0.29) is 11.3 Å². The molecule has 0 radical (unpaired) electrons. The normalized spacial score (nSPS) is 12.1. The van der Waals surface area contributed by atoms with Gasteiger partial charge in [0.1, 0.15) is 0 Å². The van der Waals surface area contributed by atoms with Crippen LogP contribution in [0.15, 0.2) is 70.6 Å². The molecule has 0 aliphatic heterocycles. The van der Waals surface area contributed by atoms with Gasteiger partial charge in [-0.3, -0.25) is 4.79 Å². The molecule has 3 aromatic heterocycles. The Hall–Kier alpha value is -4.04. The molecule has 0 aliphatic rings. The standard InChI is InChI=1S/C25H19N3O4S/c1-14-22-19(13-20(21-8-5-11-33-21)27-24(22)32-28-14)25(30)31-15(2)23(29)26-18-10-9-16-6-3-4-7-17(16)12-18/h3-13,15H,1-2H3,(H,26,29). The molecule has 5 rings (SSSR count). The van der Waals surface area contributed by atoms with Gasteiger partial charge in [0.15, 0.2) is 6.10 Å². The van der Waals surface area contributed by atoms with E-state index in [1.807, 2.05) is 60.0 Å². The van der Waals surface area contributed by atoms with Gasteiger partial charge in [0.25, 0.3) is 11.6 Å². The fraction of sp³-hybridized carbons (Fsp3) is 0.120. The summed E-state index contributed by atoms with van der Waals surface area (Å²) in [6, 6.07) is 18.9. The minimum absolute atomic E-state index is 0.249. The number of hydrogen-bond acceptors (Lipinski definition) is 7. The highest BCUT2D eigenvalue weighted by atomic mass is 32.1. The second kappa shape index (κ2) is 8.48. The summed E-state index contributed by atoms with van der Waals surface area (Å²) >= 11 is 1.49. The Morgan fingerprint density at radius 2 is 1.88 bits per heavy atom. The predicted molar refractivity (Wildman–Crippen MR) is 127 cm³/mol. The molecule has 0 fully saturated rings.